The maximum atomic E-state index is 13.1. The maximum absolute atomic E-state index is 13.1. The van der Waals surface area contributed by atoms with E-state index in [0.717, 1.165) is 17.8 Å². The summed E-state index contributed by atoms with van der Waals surface area (Å²) in [6, 6.07) is 10.3. The number of alkyl halides is 3. The van der Waals surface area contributed by atoms with E-state index in [1.54, 1.807) is 30.3 Å². The van der Waals surface area contributed by atoms with Gasteiger partial charge in [0, 0.05) is 23.5 Å². The molecule has 14 heteroatoms. The molecule has 9 nitrogen and oxygen atoms in total. The van der Waals surface area contributed by atoms with E-state index in [2.05, 4.69) is 53.0 Å². The fraction of sp³-hybridized carbons (Fsp3) is 0.0870. The van der Waals surface area contributed by atoms with Gasteiger partial charge in [0.1, 0.15) is 17.5 Å². The van der Waals surface area contributed by atoms with Crippen molar-refractivity contribution < 1.29 is 13.2 Å². The Morgan fingerprint density at radius 3 is 2.49 bits per heavy atom. The summed E-state index contributed by atoms with van der Waals surface area (Å²) in [6.07, 6.45) is -1.44. The van der Waals surface area contributed by atoms with Gasteiger partial charge in [0.05, 0.1) is 28.2 Å². The van der Waals surface area contributed by atoms with Gasteiger partial charge < -0.3 is 21.3 Å². The van der Waals surface area contributed by atoms with E-state index in [-0.39, 0.29) is 10.8 Å². The molecule has 0 aliphatic carbocycles. The largest absolute Gasteiger partial charge is 0.417 e. The normalized spacial score (nSPS) is 11.1. The summed E-state index contributed by atoms with van der Waals surface area (Å²) in [7, 11) is 0. The van der Waals surface area contributed by atoms with Crippen molar-refractivity contribution in [1.29, 1.82) is 0 Å². The van der Waals surface area contributed by atoms with Crippen LogP contribution < -0.4 is 21.3 Å². The molecule has 0 aliphatic rings. The molecule has 3 aromatic heterocycles. The van der Waals surface area contributed by atoms with Crippen LogP contribution in [0.15, 0.2) is 55.2 Å². The zero-order valence-electron chi connectivity index (χ0n) is 19.1. The second kappa shape index (κ2) is 10.8. The summed E-state index contributed by atoms with van der Waals surface area (Å²) in [5.74, 6) is 1.91. The molecule has 5 N–H and O–H groups in total. The number of hydrogen-bond acceptors (Lipinski definition) is 7. The molecule has 0 aliphatic heterocycles. The van der Waals surface area contributed by atoms with Gasteiger partial charge in [-0.1, -0.05) is 18.2 Å². The number of pyridine rings is 1. The minimum absolute atomic E-state index is 0.0554. The summed E-state index contributed by atoms with van der Waals surface area (Å²) in [5.41, 5.74) is 1.19. The second-order valence-corrected chi connectivity index (χ2v) is 8.40. The highest BCUT2D eigenvalue weighted by molar-refractivity contribution is 7.80. The monoisotopic (exact) mass is 545 g/mol. The van der Waals surface area contributed by atoms with Gasteiger partial charge in [-0.05, 0) is 55.5 Å². The highest BCUT2D eigenvalue weighted by Gasteiger charge is 2.33. The molecule has 0 saturated carbocycles. The van der Waals surface area contributed by atoms with Gasteiger partial charge in [-0.25, -0.2) is 9.97 Å². The highest BCUT2D eigenvalue weighted by atomic mass is 35.5. The summed E-state index contributed by atoms with van der Waals surface area (Å²) < 4.78 is 39.2. The van der Waals surface area contributed by atoms with E-state index in [0.29, 0.717) is 34.8 Å². The lowest BCUT2D eigenvalue weighted by molar-refractivity contribution is -0.137. The molecular weight excluding hydrogens is 527 g/mol. The molecule has 3 heterocycles. The number of benzene rings is 1. The number of halogens is 4. The Morgan fingerprint density at radius 2 is 1.81 bits per heavy atom. The zero-order valence-corrected chi connectivity index (χ0v) is 20.7. The Morgan fingerprint density at radius 1 is 1.03 bits per heavy atom. The molecule has 0 radical (unpaired) electrons. The highest BCUT2D eigenvalue weighted by Crippen LogP contribution is 2.36. The van der Waals surface area contributed by atoms with Crippen molar-refractivity contribution in [2.75, 3.05) is 21.3 Å². The van der Waals surface area contributed by atoms with Crippen LogP contribution in [0.2, 0.25) is 5.02 Å². The van der Waals surface area contributed by atoms with Crippen LogP contribution in [-0.2, 0) is 6.18 Å². The fourth-order valence-electron chi connectivity index (χ4n) is 3.10. The summed E-state index contributed by atoms with van der Waals surface area (Å²) in [6.45, 7) is 5.50. The van der Waals surface area contributed by atoms with Crippen LogP contribution in [0, 0.1) is 6.92 Å². The van der Waals surface area contributed by atoms with Crippen molar-refractivity contribution in [3.63, 3.8) is 0 Å². The minimum Gasteiger partial charge on any atom is -0.332 e. The number of anilines is 6. The SMILES string of the molecule is C=Cc1cc(Nc2cc(C)nc(Nc3ccc(NC(=S)Nc4ccc(Cl)c(C(F)(F)F)c4)nc3)n2)[nH]n1. The summed E-state index contributed by atoms with van der Waals surface area (Å²) in [4.78, 5) is 13.1. The van der Waals surface area contributed by atoms with Crippen LogP contribution in [0.4, 0.5) is 47.9 Å². The Kier molecular flexibility index (Phi) is 7.55. The summed E-state index contributed by atoms with van der Waals surface area (Å²) in [5, 5.41) is 18.3. The third kappa shape index (κ3) is 6.92. The van der Waals surface area contributed by atoms with Gasteiger partial charge >= 0.3 is 6.18 Å². The number of aryl methyl sites for hydroxylation is 1. The van der Waals surface area contributed by atoms with Crippen molar-refractivity contribution in [2.45, 2.75) is 13.1 Å². The van der Waals surface area contributed by atoms with Gasteiger partial charge in [0.15, 0.2) is 5.11 Å². The van der Waals surface area contributed by atoms with Crippen LogP contribution in [0.5, 0.6) is 0 Å². The first kappa shape index (κ1) is 25.9. The van der Waals surface area contributed by atoms with Gasteiger partial charge in [-0.3, -0.25) is 5.10 Å². The lowest BCUT2D eigenvalue weighted by atomic mass is 10.2. The van der Waals surface area contributed by atoms with Crippen LogP contribution in [0.3, 0.4) is 0 Å². The predicted molar refractivity (Wildman–Crippen MR) is 143 cm³/mol. The molecule has 37 heavy (non-hydrogen) atoms. The number of hydrogen-bond donors (Lipinski definition) is 5. The molecule has 1 aromatic carbocycles. The fourth-order valence-corrected chi connectivity index (χ4v) is 3.55. The van der Waals surface area contributed by atoms with Gasteiger partial charge in [-0.15, -0.1) is 0 Å². The van der Waals surface area contributed by atoms with Crippen LogP contribution in [0.1, 0.15) is 17.0 Å². The molecule has 0 unspecified atom stereocenters. The Balaban J connectivity index is 1.38. The Bertz CT molecular complexity index is 1440. The standard InChI is InChI=1S/C23H19ClF3N9S/c1-3-13-10-20(36-35-13)32-19-8-12(2)29-21(33-19)30-15-5-7-18(28-11-15)34-22(37)31-14-4-6-17(24)16(9-14)23(25,26)27/h3-11H,1H2,2H3,(H2,28,31,34,37)(H3,29,30,32,33,35,36). The topological polar surface area (TPSA) is 115 Å². The minimum atomic E-state index is -4.58. The molecular formula is C23H19ClF3N9S. The number of aromatic amines is 1. The predicted octanol–water partition coefficient (Wildman–Crippen LogP) is 6.51. The first-order valence-corrected chi connectivity index (χ1v) is 11.4. The lowest BCUT2D eigenvalue weighted by Crippen LogP contribution is -2.20. The third-order valence-corrected chi connectivity index (χ3v) is 5.25. The molecule has 0 spiro atoms. The third-order valence-electron chi connectivity index (χ3n) is 4.71. The van der Waals surface area contributed by atoms with E-state index in [1.807, 2.05) is 6.92 Å². The maximum Gasteiger partial charge on any atom is 0.417 e. The summed E-state index contributed by atoms with van der Waals surface area (Å²) >= 11 is 10.8. The van der Waals surface area contributed by atoms with Gasteiger partial charge in [0.2, 0.25) is 5.95 Å². The number of rotatable bonds is 7. The van der Waals surface area contributed by atoms with E-state index in [1.165, 1.54) is 12.3 Å². The lowest BCUT2D eigenvalue weighted by Gasteiger charge is -2.14. The molecule has 0 atom stereocenters. The molecule has 0 bridgehead atoms. The number of thiocarbonyl (C=S) groups is 1. The average Bonchev–Trinajstić information content (AvgIpc) is 3.28. The Labute approximate surface area is 219 Å². The van der Waals surface area contributed by atoms with Crippen LogP contribution in [-0.4, -0.2) is 30.3 Å². The quantitative estimate of drug-likeness (QED) is 0.166. The van der Waals surface area contributed by atoms with Gasteiger partial charge in [-0.2, -0.15) is 23.3 Å². The molecule has 0 amide bonds. The number of nitrogens with one attached hydrogen (secondary N) is 5. The average molecular weight is 546 g/mol. The smallest absolute Gasteiger partial charge is 0.332 e. The van der Waals surface area contributed by atoms with Crippen molar-refractivity contribution in [3.8, 4) is 0 Å². The van der Waals surface area contributed by atoms with Crippen molar-refractivity contribution in [3.05, 3.63) is 77.2 Å². The number of nitrogens with zero attached hydrogens (tertiary/aromatic N) is 4. The van der Waals surface area contributed by atoms with Crippen molar-refractivity contribution in [2.24, 2.45) is 0 Å². The van der Waals surface area contributed by atoms with Crippen molar-refractivity contribution in [1.82, 2.24) is 25.1 Å². The molecule has 0 fully saturated rings. The second-order valence-electron chi connectivity index (χ2n) is 7.58. The zero-order chi connectivity index (χ0) is 26.6. The van der Waals surface area contributed by atoms with Crippen LogP contribution in [0.25, 0.3) is 6.08 Å². The number of aromatic nitrogens is 5. The van der Waals surface area contributed by atoms with E-state index in [9.17, 15) is 13.2 Å². The molecule has 4 rings (SSSR count). The van der Waals surface area contributed by atoms with E-state index < -0.39 is 16.8 Å². The van der Waals surface area contributed by atoms with Crippen molar-refractivity contribution >= 4 is 69.8 Å². The van der Waals surface area contributed by atoms with E-state index in [4.69, 9.17) is 23.8 Å². The Hall–Kier alpha value is -4.23. The number of H-pyrrole nitrogens is 1. The first-order chi connectivity index (χ1) is 17.6. The van der Waals surface area contributed by atoms with Crippen LogP contribution >= 0.6 is 23.8 Å². The molecule has 190 valence electrons. The van der Waals surface area contributed by atoms with Gasteiger partial charge in [0.25, 0.3) is 0 Å². The molecule has 0 saturated heterocycles. The first-order valence-electron chi connectivity index (χ1n) is 10.6. The molecule has 4 aromatic rings. The van der Waals surface area contributed by atoms with E-state index >= 15 is 0 Å².